The first-order chi connectivity index (χ1) is 9.96. The zero-order valence-corrected chi connectivity index (χ0v) is 14.7. The Morgan fingerprint density at radius 3 is 2.76 bits per heavy atom. The van der Waals surface area contributed by atoms with E-state index in [1.165, 1.54) is 6.42 Å². The average molecular weight is 350 g/mol. The summed E-state index contributed by atoms with van der Waals surface area (Å²) in [5.41, 5.74) is 0.319. The van der Waals surface area contributed by atoms with Crippen LogP contribution in [-0.4, -0.2) is 6.10 Å². The molecule has 3 heteroatoms. The van der Waals surface area contributed by atoms with Gasteiger partial charge in [0.25, 0.3) is 0 Å². The van der Waals surface area contributed by atoms with E-state index < -0.39 is 0 Å². The summed E-state index contributed by atoms with van der Waals surface area (Å²) in [6.45, 7) is 6.92. The van der Waals surface area contributed by atoms with Gasteiger partial charge < -0.3 is 4.74 Å². The fourth-order valence-electron chi connectivity index (χ4n) is 3.12. The summed E-state index contributed by atoms with van der Waals surface area (Å²) in [5, 5.41) is 9.40. The standard InChI is InChI=1S/C18H24BrNO/c1-4-18(2,3)14-9-8-13(12-20)17(10-14)21-16-7-5-6-15(19)11-16/h5-7,11,13-14,17H,4,8-10H2,1-3H3. The molecule has 21 heavy (non-hydrogen) atoms. The second-order valence-electron chi connectivity index (χ2n) is 6.70. The average Bonchev–Trinajstić information content (AvgIpc) is 2.47. The maximum absolute atomic E-state index is 9.40. The topological polar surface area (TPSA) is 33.0 Å². The third-order valence-electron chi connectivity index (χ3n) is 5.06. The highest BCUT2D eigenvalue weighted by Gasteiger charge is 2.38. The van der Waals surface area contributed by atoms with Gasteiger partial charge in [0.2, 0.25) is 0 Å². The van der Waals surface area contributed by atoms with Gasteiger partial charge in [-0.25, -0.2) is 0 Å². The van der Waals surface area contributed by atoms with Gasteiger partial charge in [-0.05, 0) is 48.8 Å². The molecule has 0 heterocycles. The lowest BCUT2D eigenvalue weighted by Crippen LogP contribution is -2.38. The molecule has 1 aliphatic carbocycles. The predicted octanol–water partition coefficient (Wildman–Crippen LogP) is 5.57. The highest BCUT2D eigenvalue weighted by Crippen LogP contribution is 2.43. The molecule has 0 spiro atoms. The highest BCUT2D eigenvalue weighted by molar-refractivity contribution is 9.10. The second kappa shape index (κ2) is 6.83. The molecule has 1 fully saturated rings. The first-order valence-corrected chi connectivity index (χ1v) is 8.57. The largest absolute Gasteiger partial charge is 0.489 e. The van der Waals surface area contributed by atoms with E-state index in [1.54, 1.807) is 0 Å². The van der Waals surface area contributed by atoms with Crippen LogP contribution in [0, 0.1) is 28.6 Å². The predicted molar refractivity (Wildman–Crippen MR) is 89.1 cm³/mol. The van der Waals surface area contributed by atoms with E-state index in [-0.39, 0.29) is 12.0 Å². The molecule has 114 valence electrons. The molecule has 0 aliphatic heterocycles. The summed E-state index contributed by atoms with van der Waals surface area (Å²) in [4.78, 5) is 0. The molecule has 1 aromatic rings. The molecule has 0 bridgehead atoms. The van der Waals surface area contributed by atoms with Crippen LogP contribution in [0.1, 0.15) is 46.5 Å². The molecular formula is C18H24BrNO. The molecule has 3 unspecified atom stereocenters. The summed E-state index contributed by atoms with van der Waals surface area (Å²) >= 11 is 3.47. The highest BCUT2D eigenvalue weighted by atomic mass is 79.9. The fourth-order valence-corrected chi connectivity index (χ4v) is 3.50. The molecule has 0 N–H and O–H groups in total. The van der Waals surface area contributed by atoms with Gasteiger partial charge in [0, 0.05) is 4.47 Å². The molecule has 1 aliphatic rings. The van der Waals surface area contributed by atoms with Crippen molar-refractivity contribution in [3.05, 3.63) is 28.7 Å². The summed E-state index contributed by atoms with van der Waals surface area (Å²) in [6, 6.07) is 10.3. The molecule has 1 aromatic carbocycles. The van der Waals surface area contributed by atoms with E-state index in [4.69, 9.17) is 4.74 Å². The Labute approximate surface area is 136 Å². The van der Waals surface area contributed by atoms with Crippen LogP contribution in [0.4, 0.5) is 0 Å². The summed E-state index contributed by atoms with van der Waals surface area (Å²) < 4.78 is 7.17. The van der Waals surface area contributed by atoms with Crippen molar-refractivity contribution in [3.8, 4) is 11.8 Å². The first kappa shape index (κ1) is 16.4. The Balaban J connectivity index is 2.12. The van der Waals surface area contributed by atoms with Crippen molar-refractivity contribution in [3.63, 3.8) is 0 Å². The van der Waals surface area contributed by atoms with Crippen molar-refractivity contribution in [2.75, 3.05) is 0 Å². The summed E-state index contributed by atoms with van der Waals surface area (Å²) in [5.74, 6) is 1.49. The van der Waals surface area contributed by atoms with Gasteiger partial charge in [0.1, 0.15) is 11.9 Å². The van der Waals surface area contributed by atoms with Gasteiger partial charge in [-0.1, -0.05) is 49.2 Å². The second-order valence-corrected chi connectivity index (χ2v) is 7.62. The molecule has 3 atom stereocenters. The van der Waals surface area contributed by atoms with Crippen molar-refractivity contribution in [1.29, 1.82) is 5.26 Å². The Bertz CT molecular complexity index is 520. The molecular weight excluding hydrogens is 326 g/mol. The smallest absolute Gasteiger partial charge is 0.120 e. The minimum Gasteiger partial charge on any atom is -0.489 e. The lowest BCUT2D eigenvalue weighted by atomic mass is 9.67. The zero-order chi connectivity index (χ0) is 15.5. The molecule has 1 saturated carbocycles. The first-order valence-electron chi connectivity index (χ1n) is 7.78. The van der Waals surface area contributed by atoms with Gasteiger partial charge in [0.15, 0.2) is 0 Å². The molecule has 2 nitrogen and oxygen atoms in total. The van der Waals surface area contributed by atoms with Gasteiger partial charge in [-0.3, -0.25) is 0 Å². The SMILES string of the molecule is CCC(C)(C)C1CCC(C#N)C(Oc2cccc(Br)c2)C1. The van der Waals surface area contributed by atoms with Gasteiger partial charge in [0.05, 0.1) is 12.0 Å². The van der Waals surface area contributed by atoms with Crippen LogP contribution < -0.4 is 4.74 Å². The van der Waals surface area contributed by atoms with Crippen molar-refractivity contribution in [1.82, 2.24) is 0 Å². The number of hydrogen-bond donors (Lipinski definition) is 0. The van der Waals surface area contributed by atoms with Crippen LogP contribution in [0.25, 0.3) is 0 Å². The molecule has 0 saturated heterocycles. The Kier molecular flexibility index (Phi) is 5.32. The molecule has 0 radical (unpaired) electrons. The fraction of sp³-hybridized carbons (Fsp3) is 0.611. The number of nitriles is 1. The van der Waals surface area contributed by atoms with Crippen LogP contribution in [0.2, 0.25) is 0 Å². The lowest BCUT2D eigenvalue weighted by molar-refractivity contribution is 0.0409. The minimum absolute atomic E-state index is 0.00730. The number of benzene rings is 1. The summed E-state index contributed by atoms with van der Waals surface area (Å²) in [7, 11) is 0. The quantitative estimate of drug-likeness (QED) is 0.711. The number of rotatable bonds is 4. The number of hydrogen-bond acceptors (Lipinski definition) is 2. The number of ether oxygens (including phenoxy) is 1. The van der Waals surface area contributed by atoms with E-state index in [1.807, 2.05) is 24.3 Å². The van der Waals surface area contributed by atoms with Crippen LogP contribution in [0.5, 0.6) is 5.75 Å². The van der Waals surface area contributed by atoms with E-state index in [0.29, 0.717) is 11.3 Å². The van der Waals surface area contributed by atoms with Crippen molar-refractivity contribution >= 4 is 15.9 Å². The lowest BCUT2D eigenvalue weighted by Gasteiger charge is -2.41. The third kappa shape index (κ3) is 4.01. The molecule has 2 rings (SSSR count). The number of halogens is 1. The minimum atomic E-state index is 0.00730. The summed E-state index contributed by atoms with van der Waals surface area (Å²) in [6.07, 6.45) is 4.24. The van der Waals surface area contributed by atoms with Crippen molar-refractivity contribution in [2.24, 2.45) is 17.3 Å². The van der Waals surface area contributed by atoms with Gasteiger partial charge in [-0.15, -0.1) is 0 Å². The normalized spacial score (nSPS) is 26.1. The van der Waals surface area contributed by atoms with E-state index in [2.05, 4.69) is 42.8 Å². The Morgan fingerprint density at radius 1 is 1.38 bits per heavy atom. The van der Waals surface area contributed by atoms with Gasteiger partial charge in [-0.2, -0.15) is 5.26 Å². The zero-order valence-electron chi connectivity index (χ0n) is 13.1. The van der Waals surface area contributed by atoms with Crippen LogP contribution in [0.15, 0.2) is 28.7 Å². The van der Waals surface area contributed by atoms with E-state index in [9.17, 15) is 5.26 Å². The van der Waals surface area contributed by atoms with E-state index >= 15 is 0 Å². The maximum Gasteiger partial charge on any atom is 0.120 e. The number of nitrogens with zero attached hydrogens (tertiary/aromatic N) is 1. The van der Waals surface area contributed by atoms with Crippen LogP contribution >= 0.6 is 15.9 Å². The Morgan fingerprint density at radius 2 is 2.14 bits per heavy atom. The van der Waals surface area contributed by atoms with Crippen LogP contribution in [0.3, 0.4) is 0 Å². The van der Waals surface area contributed by atoms with E-state index in [0.717, 1.165) is 29.5 Å². The Hall–Kier alpha value is -1.01. The van der Waals surface area contributed by atoms with Crippen molar-refractivity contribution in [2.45, 2.75) is 52.6 Å². The van der Waals surface area contributed by atoms with Crippen LogP contribution in [-0.2, 0) is 0 Å². The molecule has 0 aromatic heterocycles. The molecule has 0 amide bonds. The van der Waals surface area contributed by atoms with Gasteiger partial charge >= 0.3 is 0 Å². The van der Waals surface area contributed by atoms with Crippen molar-refractivity contribution < 1.29 is 4.74 Å². The maximum atomic E-state index is 9.40. The third-order valence-corrected chi connectivity index (χ3v) is 5.55. The monoisotopic (exact) mass is 349 g/mol.